The summed E-state index contributed by atoms with van der Waals surface area (Å²) in [6.07, 6.45) is 25.2. The molecule has 0 aromatic heterocycles. The summed E-state index contributed by atoms with van der Waals surface area (Å²) >= 11 is 0. The van der Waals surface area contributed by atoms with Crippen molar-refractivity contribution in [2.75, 3.05) is 0 Å². The fraction of sp³-hybridized carbons (Fsp3) is 0.450. The van der Waals surface area contributed by atoms with Gasteiger partial charge in [-0.1, -0.05) is 55.5 Å². The fourth-order valence-corrected chi connectivity index (χ4v) is 1.86. The first-order valence-electron chi connectivity index (χ1n) is 8.50. The van der Waals surface area contributed by atoms with Crippen molar-refractivity contribution >= 4 is 6.29 Å². The lowest BCUT2D eigenvalue weighted by atomic mass is 10.2. The molecule has 0 aromatic carbocycles. The third-order valence-electron chi connectivity index (χ3n) is 3.15. The van der Waals surface area contributed by atoms with Gasteiger partial charge in [0.05, 0.1) is 11.3 Å². The molecule has 0 saturated heterocycles. The Kier molecular flexibility index (Phi) is 15.5. The first-order valence-corrected chi connectivity index (χ1v) is 8.50. The highest BCUT2D eigenvalue weighted by molar-refractivity contribution is 5.50. The molecule has 24 heavy (non-hydrogen) atoms. The number of nitrogens with zero attached hydrogens (tertiary/aromatic N) is 1. The van der Waals surface area contributed by atoms with Gasteiger partial charge in [-0.3, -0.25) is 14.9 Å². The molecule has 1 radical (unpaired) electrons. The van der Waals surface area contributed by atoms with Gasteiger partial charge in [-0.15, -0.1) is 0 Å². The van der Waals surface area contributed by atoms with Gasteiger partial charge in [-0.25, -0.2) is 0 Å². The summed E-state index contributed by atoms with van der Waals surface area (Å²) in [4.78, 5) is 20.7. The number of hydrogen-bond acceptors (Lipinski definition) is 3. The number of rotatable bonds is 14. The minimum Gasteiger partial charge on any atom is -0.291 e. The molecule has 131 valence electrons. The SMILES string of the molecule is CC/C=C/C/C=C/C/C=C(/C/C=C/C/C=C/CCC[C]=O)[N+](=O)[O-]. The van der Waals surface area contributed by atoms with Gasteiger partial charge in [0.25, 0.3) is 0 Å². The van der Waals surface area contributed by atoms with Crippen molar-refractivity contribution in [3.8, 4) is 0 Å². The van der Waals surface area contributed by atoms with E-state index in [-0.39, 0.29) is 10.6 Å². The number of hydrogen-bond donors (Lipinski definition) is 0. The topological polar surface area (TPSA) is 60.2 Å². The molecule has 0 fully saturated rings. The molecule has 0 aromatic rings. The van der Waals surface area contributed by atoms with Crippen LogP contribution in [0.5, 0.6) is 0 Å². The summed E-state index contributed by atoms with van der Waals surface area (Å²) in [6.45, 7) is 2.09. The summed E-state index contributed by atoms with van der Waals surface area (Å²) < 4.78 is 0. The van der Waals surface area contributed by atoms with E-state index < -0.39 is 0 Å². The summed E-state index contributed by atoms with van der Waals surface area (Å²) in [5.74, 6) is 0. The number of carbonyl (C=O) groups excluding carboxylic acids is 1. The molecule has 0 saturated carbocycles. The van der Waals surface area contributed by atoms with Gasteiger partial charge in [0.1, 0.15) is 0 Å². The van der Waals surface area contributed by atoms with Crippen molar-refractivity contribution in [1.29, 1.82) is 0 Å². The molecule has 0 atom stereocenters. The third kappa shape index (κ3) is 14.7. The second-order valence-corrected chi connectivity index (χ2v) is 5.19. The third-order valence-corrected chi connectivity index (χ3v) is 3.15. The van der Waals surface area contributed by atoms with Crippen LogP contribution in [0.2, 0.25) is 0 Å². The highest BCUT2D eigenvalue weighted by atomic mass is 16.6. The molecule has 0 rings (SSSR count). The van der Waals surface area contributed by atoms with Crippen LogP contribution in [-0.2, 0) is 4.79 Å². The van der Waals surface area contributed by atoms with Crippen molar-refractivity contribution in [1.82, 2.24) is 0 Å². The first kappa shape index (κ1) is 21.8. The maximum absolute atomic E-state index is 11.0. The van der Waals surface area contributed by atoms with E-state index in [1.165, 1.54) is 0 Å². The highest BCUT2D eigenvalue weighted by Crippen LogP contribution is 2.07. The van der Waals surface area contributed by atoms with E-state index in [1.54, 1.807) is 6.08 Å². The number of allylic oxidation sites excluding steroid dienone is 9. The van der Waals surface area contributed by atoms with Crippen LogP contribution >= 0.6 is 0 Å². The predicted molar refractivity (Wildman–Crippen MR) is 99.9 cm³/mol. The van der Waals surface area contributed by atoms with Crippen LogP contribution in [0.25, 0.3) is 0 Å². The predicted octanol–water partition coefficient (Wildman–Crippen LogP) is 5.62. The monoisotopic (exact) mass is 330 g/mol. The van der Waals surface area contributed by atoms with Crippen LogP contribution in [0, 0.1) is 10.1 Å². The first-order chi connectivity index (χ1) is 11.7. The molecule has 0 aliphatic rings. The van der Waals surface area contributed by atoms with Gasteiger partial charge in [0.15, 0.2) is 6.29 Å². The molecule has 4 heteroatoms. The van der Waals surface area contributed by atoms with Crippen molar-refractivity contribution in [2.24, 2.45) is 0 Å². The largest absolute Gasteiger partial charge is 0.291 e. The number of unbranched alkanes of at least 4 members (excludes halogenated alkanes) is 2. The summed E-state index contributed by atoms with van der Waals surface area (Å²) in [5.41, 5.74) is 0.227. The molecule has 0 heterocycles. The maximum atomic E-state index is 11.0. The zero-order valence-electron chi connectivity index (χ0n) is 14.5. The standard InChI is InChI=1S/C20H28NO3/c1-2-3-4-5-8-11-14-17-20(21(23)24)18-15-12-9-6-7-10-13-16-19-22/h3-4,6-8,11-12,15,17H,2,5,9-10,13-14,16,18H2,1H3/b4-3+,7-6+,11-8+,15-12+,20-17-. The molecule has 0 amide bonds. The van der Waals surface area contributed by atoms with Crippen molar-refractivity contribution in [2.45, 2.75) is 58.3 Å². The van der Waals surface area contributed by atoms with Crippen molar-refractivity contribution < 1.29 is 9.72 Å². The molecule has 0 aliphatic heterocycles. The molecule has 0 aliphatic carbocycles. The van der Waals surface area contributed by atoms with Gasteiger partial charge in [-0.05, 0) is 44.6 Å². The zero-order chi connectivity index (χ0) is 17.9. The Morgan fingerprint density at radius 3 is 2.25 bits per heavy atom. The van der Waals surface area contributed by atoms with Crippen LogP contribution in [0.15, 0.2) is 60.4 Å². The van der Waals surface area contributed by atoms with Gasteiger partial charge in [-0.2, -0.15) is 0 Å². The Bertz CT molecular complexity index is 485. The molecular formula is C20H28NO3. The highest BCUT2D eigenvalue weighted by Gasteiger charge is 2.06. The van der Waals surface area contributed by atoms with Gasteiger partial charge < -0.3 is 0 Å². The molecular weight excluding hydrogens is 302 g/mol. The van der Waals surface area contributed by atoms with E-state index >= 15 is 0 Å². The molecule has 0 spiro atoms. The van der Waals surface area contributed by atoms with E-state index in [1.807, 2.05) is 42.7 Å². The minimum absolute atomic E-state index is 0.227. The van der Waals surface area contributed by atoms with Gasteiger partial charge in [0.2, 0.25) is 5.70 Å². The lowest BCUT2D eigenvalue weighted by Gasteiger charge is -1.93. The second kappa shape index (κ2) is 17.1. The Morgan fingerprint density at radius 2 is 1.58 bits per heavy atom. The van der Waals surface area contributed by atoms with E-state index in [0.29, 0.717) is 19.3 Å². The van der Waals surface area contributed by atoms with Gasteiger partial charge in [0, 0.05) is 6.42 Å². The van der Waals surface area contributed by atoms with Crippen LogP contribution < -0.4 is 0 Å². The molecule has 4 nitrogen and oxygen atoms in total. The zero-order valence-corrected chi connectivity index (χ0v) is 14.5. The molecule has 0 bridgehead atoms. The normalized spacial score (nSPS) is 13.0. The van der Waals surface area contributed by atoms with E-state index in [4.69, 9.17) is 0 Å². The molecule has 0 N–H and O–H groups in total. The van der Waals surface area contributed by atoms with E-state index in [9.17, 15) is 14.9 Å². The smallest absolute Gasteiger partial charge is 0.246 e. The van der Waals surface area contributed by atoms with Crippen LogP contribution in [0.1, 0.15) is 58.3 Å². The van der Waals surface area contributed by atoms with Gasteiger partial charge >= 0.3 is 0 Å². The lowest BCUT2D eigenvalue weighted by molar-refractivity contribution is -0.427. The Balaban J connectivity index is 4.08. The van der Waals surface area contributed by atoms with Crippen LogP contribution in [0.3, 0.4) is 0 Å². The Morgan fingerprint density at radius 1 is 0.958 bits per heavy atom. The Hall–Kier alpha value is -2.23. The fourth-order valence-electron chi connectivity index (χ4n) is 1.86. The lowest BCUT2D eigenvalue weighted by Crippen LogP contribution is -1.97. The minimum atomic E-state index is -0.319. The van der Waals surface area contributed by atoms with Crippen molar-refractivity contribution in [3.63, 3.8) is 0 Å². The summed E-state index contributed by atoms with van der Waals surface area (Å²) in [6, 6.07) is 0. The molecule has 0 unspecified atom stereocenters. The van der Waals surface area contributed by atoms with E-state index in [0.717, 1.165) is 32.1 Å². The second-order valence-electron chi connectivity index (χ2n) is 5.19. The summed E-state index contributed by atoms with van der Waals surface area (Å²) in [7, 11) is 0. The van der Waals surface area contributed by atoms with Crippen molar-refractivity contribution in [3.05, 3.63) is 70.5 Å². The van der Waals surface area contributed by atoms with Crippen LogP contribution in [0.4, 0.5) is 0 Å². The quantitative estimate of drug-likeness (QED) is 0.180. The van der Waals surface area contributed by atoms with E-state index in [2.05, 4.69) is 19.1 Å². The average molecular weight is 330 g/mol. The van der Waals surface area contributed by atoms with Crippen LogP contribution in [-0.4, -0.2) is 11.2 Å². The Labute approximate surface area is 145 Å². The number of nitro groups is 1. The summed E-state index contributed by atoms with van der Waals surface area (Å²) in [5, 5.41) is 11.0. The average Bonchev–Trinajstić information content (AvgIpc) is 2.57. The maximum Gasteiger partial charge on any atom is 0.246 e.